The maximum absolute atomic E-state index is 14.8. The number of rotatable bonds is 5. The van der Waals surface area contributed by atoms with Gasteiger partial charge in [-0.2, -0.15) is 5.26 Å². The van der Waals surface area contributed by atoms with Gasteiger partial charge in [-0.1, -0.05) is 18.2 Å². The lowest BCUT2D eigenvalue weighted by molar-refractivity contribution is -0.129. The molecule has 2 aliphatic heterocycles. The number of benzene rings is 2. The van der Waals surface area contributed by atoms with Gasteiger partial charge in [0.05, 0.1) is 12.8 Å². The maximum Gasteiger partial charge on any atom is 0.251 e. The number of hydrogen-bond donors (Lipinski definition) is 2. The van der Waals surface area contributed by atoms with E-state index in [4.69, 9.17) is 4.74 Å². The molecule has 8 heteroatoms. The highest BCUT2D eigenvalue weighted by Gasteiger charge is 2.26. The topological polar surface area (TPSA) is 94.5 Å². The van der Waals surface area contributed by atoms with Crippen LogP contribution in [-0.4, -0.2) is 44.3 Å². The molecule has 2 amide bonds. The second-order valence-corrected chi connectivity index (χ2v) is 7.75. The SMILES string of the molecule is CN1C(=O)CCc2cc(-c3ccc(CC(C#N)NC(=O)C4CNCO4)c(F)c3)ccc21. The van der Waals surface area contributed by atoms with E-state index in [2.05, 4.69) is 10.6 Å². The summed E-state index contributed by atoms with van der Waals surface area (Å²) in [6, 6.07) is 11.8. The number of nitrogens with one attached hydrogen (secondary N) is 2. The third-order valence-corrected chi connectivity index (χ3v) is 5.71. The number of nitrogens with zero attached hydrogens (tertiary/aromatic N) is 2. The zero-order valence-electron chi connectivity index (χ0n) is 17.2. The van der Waals surface area contributed by atoms with Crippen LogP contribution in [0.15, 0.2) is 36.4 Å². The molecule has 1 fully saturated rings. The Morgan fingerprint density at radius 2 is 2.10 bits per heavy atom. The van der Waals surface area contributed by atoms with Gasteiger partial charge in [0, 0.05) is 32.1 Å². The van der Waals surface area contributed by atoms with Crippen LogP contribution in [0.3, 0.4) is 0 Å². The molecule has 1 saturated heterocycles. The molecule has 2 unspecified atom stereocenters. The van der Waals surface area contributed by atoms with E-state index >= 15 is 0 Å². The molecule has 31 heavy (non-hydrogen) atoms. The number of carbonyl (C=O) groups is 2. The van der Waals surface area contributed by atoms with Crippen LogP contribution < -0.4 is 15.5 Å². The summed E-state index contributed by atoms with van der Waals surface area (Å²) in [4.78, 5) is 25.7. The first-order valence-electron chi connectivity index (χ1n) is 10.2. The van der Waals surface area contributed by atoms with E-state index < -0.39 is 18.0 Å². The summed E-state index contributed by atoms with van der Waals surface area (Å²) in [6.45, 7) is 0.679. The van der Waals surface area contributed by atoms with Gasteiger partial charge in [-0.15, -0.1) is 0 Å². The number of aryl methyl sites for hydroxylation is 1. The summed E-state index contributed by atoms with van der Waals surface area (Å²) in [5, 5.41) is 14.9. The van der Waals surface area contributed by atoms with Crippen molar-refractivity contribution in [2.45, 2.75) is 31.4 Å². The maximum atomic E-state index is 14.8. The number of anilines is 1. The number of halogens is 1. The Hall–Kier alpha value is -3.28. The van der Waals surface area contributed by atoms with E-state index in [1.165, 1.54) is 6.07 Å². The molecule has 4 rings (SSSR count). The van der Waals surface area contributed by atoms with Gasteiger partial charge in [-0.05, 0) is 46.9 Å². The fourth-order valence-corrected chi connectivity index (χ4v) is 3.92. The molecule has 2 aliphatic rings. The van der Waals surface area contributed by atoms with E-state index in [0.29, 0.717) is 37.2 Å². The molecule has 2 heterocycles. The number of hydrogen-bond acceptors (Lipinski definition) is 5. The normalized spacial score (nSPS) is 18.9. The smallest absolute Gasteiger partial charge is 0.251 e. The summed E-state index contributed by atoms with van der Waals surface area (Å²) < 4.78 is 20.0. The van der Waals surface area contributed by atoms with Crippen LogP contribution in [0.2, 0.25) is 0 Å². The van der Waals surface area contributed by atoms with Crippen LogP contribution in [0.4, 0.5) is 10.1 Å². The Morgan fingerprint density at radius 3 is 2.81 bits per heavy atom. The second-order valence-electron chi connectivity index (χ2n) is 7.75. The third kappa shape index (κ3) is 4.43. The van der Waals surface area contributed by atoms with Crippen molar-refractivity contribution in [3.8, 4) is 17.2 Å². The first-order valence-corrected chi connectivity index (χ1v) is 10.2. The number of fused-ring (bicyclic) bond motifs is 1. The van der Waals surface area contributed by atoms with Crippen molar-refractivity contribution < 1.29 is 18.7 Å². The number of carbonyl (C=O) groups excluding carboxylic acids is 2. The summed E-state index contributed by atoms with van der Waals surface area (Å²) >= 11 is 0. The Balaban J connectivity index is 1.48. The van der Waals surface area contributed by atoms with Crippen LogP contribution in [-0.2, 0) is 27.2 Å². The lowest BCUT2D eigenvalue weighted by Gasteiger charge is -2.26. The molecule has 0 aliphatic carbocycles. The quantitative estimate of drug-likeness (QED) is 0.768. The first kappa shape index (κ1) is 21.0. The fourth-order valence-electron chi connectivity index (χ4n) is 3.92. The summed E-state index contributed by atoms with van der Waals surface area (Å²) in [7, 11) is 1.76. The number of ether oxygens (including phenoxy) is 1. The molecule has 160 valence electrons. The number of amides is 2. The minimum Gasteiger partial charge on any atom is -0.352 e. The van der Waals surface area contributed by atoms with Gasteiger partial charge in [-0.25, -0.2) is 4.39 Å². The molecule has 0 saturated carbocycles. The molecule has 2 atom stereocenters. The molecule has 0 aromatic heterocycles. The van der Waals surface area contributed by atoms with Crippen LogP contribution in [0, 0.1) is 17.1 Å². The highest BCUT2D eigenvalue weighted by atomic mass is 19.1. The van der Waals surface area contributed by atoms with E-state index in [9.17, 15) is 19.2 Å². The highest BCUT2D eigenvalue weighted by Crippen LogP contribution is 2.32. The highest BCUT2D eigenvalue weighted by molar-refractivity contribution is 5.96. The predicted octanol–water partition coefficient (Wildman–Crippen LogP) is 1.90. The van der Waals surface area contributed by atoms with Crippen LogP contribution in [0.25, 0.3) is 11.1 Å². The molecule has 0 bridgehead atoms. The summed E-state index contributed by atoms with van der Waals surface area (Å²) in [5.74, 6) is -0.729. The van der Waals surface area contributed by atoms with E-state index in [-0.39, 0.29) is 18.2 Å². The van der Waals surface area contributed by atoms with Crippen molar-refractivity contribution >= 4 is 17.5 Å². The molecule has 0 radical (unpaired) electrons. The Labute approximate surface area is 179 Å². The second kappa shape index (κ2) is 8.84. The van der Waals surface area contributed by atoms with Crippen LogP contribution in [0.1, 0.15) is 17.5 Å². The summed E-state index contributed by atoms with van der Waals surface area (Å²) in [6.07, 6.45) is 0.549. The molecule has 2 aromatic carbocycles. The standard InChI is InChI=1S/C23H23FN4O3/c1-28-20-6-4-14(8-17(20)5-7-22(28)29)15-2-3-16(19(24)10-15)9-18(11-25)27-23(30)21-12-26-13-31-21/h2-4,6,8,10,18,21,26H,5,7,9,12-13H2,1H3,(H,27,30). The van der Waals surface area contributed by atoms with Gasteiger partial charge in [0.15, 0.2) is 0 Å². The monoisotopic (exact) mass is 422 g/mol. The zero-order valence-corrected chi connectivity index (χ0v) is 17.2. The minimum absolute atomic E-state index is 0.0611. The number of nitriles is 1. The third-order valence-electron chi connectivity index (χ3n) is 5.71. The van der Waals surface area contributed by atoms with Gasteiger partial charge in [0.25, 0.3) is 5.91 Å². The van der Waals surface area contributed by atoms with Crippen molar-refractivity contribution in [3.05, 3.63) is 53.3 Å². The molecule has 0 spiro atoms. The van der Waals surface area contributed by atoms with E-state index in [0.717, 1.165) is 16.8 Å². The van der Waals surface area contributed by atoms with Crippen molar-refractivity contribution in [3.63, 3.8) is 0 Å². The van der Waals surface area contributed by atoms with Gasteiger partial charge in [0.1, 0.15) is 18.0 Å². The summed E-state index contributed by atoms with van der Waals surface area (Å²) in [5.41, 5.74) is 3.87. The predicted molar refractivity (Wildman–Crippen MR) is 113 cm³/mol. The van der Waals surface area contributed by atoms with E-state index in [1.807, 2.05) is 24.3 Å². The van der Waals surface area contributed by atoms with Crippen LogP contribution in [0.5, 0.6) is 0 Å². The van der Waals surface area contributed by atoms with Crippen molar-refractivity contribution in [2.24, 2.45) is 0 Å². The molecular weight excluding hydrogens is 399 g/mol. The Bertz CT molecular complexity index is 1060. The van der Waals surface area contributed by atoms with Gasteiger partial charge < -0.3 is 15.0 Å². The van der Waals surface area contributed by atoms with E-state index in [1.54, 1.807) is 24.1 Å². The molecule has 2 N–H and O–H groups in total. The fraction of sp³-hybridized carbons (Fsp3) is 0.348. The first-order chi connectivity index (χ1) is 15.0. The van der Waals surface area contributed by atoms with Crippen molar-refractivity contribution in [1.82, 2.24) is 10.6 Å². The molecular formula is C23H23FN4O3. The lowest BCUT2D eigenvalue weighted by atomic mass is 9.95. The minimum atomic E-state index is -0.853. The van der Waals surface area contributed by atoms with Crippen molar-refractivity contribution in [1.29, 1.82) is 5.26 Å². The van der Waals surface area contributed by atoms with Gasteiger partial charge >= 0.3 is 0 Å². The van der Waals surface area contributed by atoms with Crippen molar-refractivity contribution in [2.75, 3.05) is 25.2 Å². The van der Waals surface area contributed by atoms with Gasteiger partial charge in [-0.3, -0.25) is 14.9 Å². The van der Waals surface area contributed by atoms with Crippen LogP contribution >= 0.6 is 0 Å². The molecule has 7 nitrogen and oxygen atoms in total. The largest absolute Gasteiger partial charge is 0.352 e. The van der Waals surface area contributed by atoms with Gasteiger partial charge in [0.2, 0.25) is 5.91 Å². The molecule has 2 aromatic rings. The average Bonchev–Trinajstić information content (AvgIpc) is 3.32. The Kier molecular flexibility index (Phi) is 5.98. The lowest BCUT2D eigenvalue weighted by Crippen LogP contribution is -2.43. The average molecular weight is 422 g/mol. The Morgan fingerprint density at radius 1 is 1.32 bits per heavy atom. The zero-order chi connectivity index (χ0) is 22.0.